The van der Waals surface area contributed by atoms with E-state index in [1.807, 2.05) is 12.1 Å². The van der Waals surface area contributed by atoms with E-state index >= 15 is 0 Å². The zero-order valence-corrected chi connectivity index (χ0v) is 11.0. The zero-order chi connectivity index (χ0) is 13.0. The quantitative estimate of drug-likeness (QED) is 0.617. The van der Waals surface area contributed by atoms with Crippen LogP contribution in [0, 0.1) is 11.3 Å². The maximum Gasteiger partial charge on any atom is 0.141 e. The largest absolute Gasteiger partial charge is 0.382 e. The minimum Gasteiger partial charge on any atom is -0.382 e. The van der Waals surface area contributed by atoms with Crippen LogP contribution in [0.5, 0.6) is 0 Å². The predicted molar refractivity (Wildman–Crippen MR) is 73.5 cm³/mol. The number of nitrogens with two attached hydrogens (primary N) is 1. The van der Waals surface area contributed by atoms with Crippen molar-refractivity contribution in [1.82, 2.24) is 9.88 Å². The van der Waals surface area contributed by atoms with Gasteiger partial charge in [0.2, 0.25) is 0 Å². The molecule has 2 heterocycles. The first-order valence-electron chi connectivity index (χ1n) is 6.70. The van der Waals surface area contributed by atoms with E-state index in [0.717, 1.165) is 12.5 Å². The molecule has 0 bridgehead atoms. The Morgan fingerprint density at radius 2 is 2.44 bits per heavy atom. The molecule has 1 aromatic rings. The van der Waals surface area contributed by atoms with Gasteiger partial charge in [-0.2, -0.15) is 0 Å². The number of nitrogens with one attached hydrogen (secondary N) is 1. The molecule has 1 saturated heterocycles. The van der Waals surface area contributed by atoms with Crippen LogP contribution in [0.1, 0.15) is 37.4 Å². The van der Waals surface area contributed by atoms with Gasteiger partial charge in [0.1, 0.15) is 11.5 Å². The first kappa shape index (κ1) is 13.0. The van der Waals surface area contributed by atoms with Gasteiger partial charge in [-0.15, -0.1) is 0 Å². The van der Waals surface area contributed by atoms with Crippen molar-refractivity contribution in [1.29, 1.82) is 5.41 Å². The minimum atomic E-state index is 0.0436. The molecule has 0 aliphatic carbocycles. The van der Waals surface area contributed by atoms with Gasteiger partial charge in [-0.25, -0.2) is 0 Å². The average molecular weight is 246 g/mol. The lowest BCUT2D eigenvalue weighted by molar-refractivity contribution is 0.313. The van der Waals surface area contributed by atoms with Crippen molar-refractivity contribution in [2.75, 3.05) is 13.1 Å². The zero-order valence-electron chi connectivity index (χ0n) is 11.0. The lowest BCUT2D eigenvalue weighted by Gasteiger charge is -2.16. The van der Waals surface area contributed by atoms with E-state index in [2.05, 4.69) is 16.8 Å². The summed E-state index contributed by atoms with van der Waals surface area (Å²) >= 11 is 0. The second-order valence-corrected chi connectivity index (χ2v) is 5.14. The Hall–Kier alpha value is -1.42. The topological polar surface area (TPSA) is 66.0 Å². The molecule has 1 aromatic heterocycles. The molecule has 3 N–H and O–H groups in total. The number of hydrogen-bond acceptors (Lipinski definition) is 3. The summed E-state index contributed by atoms with van der Waals surface area (Å²) in [6.45, 7) is 5.58. The first-order chi connectivity index (χ1) is 8.69. The van der Waals surface area contributed by atoms with E-state index in [9.17, 15) is 0 Å². The number of amidine groups is 1. The van der Waals surface area contributed by atoms with E-state index in [1.54, 1.807) is 6.20 Å². The molecule has 4 heteroatoms. The highest BCUT2D eigenvalue weighted by molar-refractivity contribution is 5.93. The molecule has 0 spiro atoms. The number of pyridine rings is 1. The Bertz CT molecular complexity index is 416. The Kier molecular flexibility index (Phi) is 4.31. The number of likely N-dealkylation sites (tertiary alicyclic amines) is 1. The number of aromatic nitrogens is 1. The number of nitrogen functional groups attached to an aromatic ring is 1. The molecule has 2 rings (SSSR count). The molecule has 0 amide bonds. The summed E-state index contributed by atoms with van der Waals surface area (Å²) in [5.41, 5.74) is 7.24. The van der Waals surface area contributed by atoms with Crippen LogP contribution in [0.15, 0.2) is 18.3 Å². The van der Waals surface area contributed by atoms with Crippen molar-refractivity contribution in [3.63, 3.8) is 0 Å². The summed E-state index contributed by atoms with van der Waals surface area (Å²) in [4.78, 5) is 6.58. The van der Waals surface area contributed by atoms with E-state index in [1.165, 1.54) is 37.9 Å². The molecular weight excluding hydrogens is 224 g/mol. The van der Waals surface area contributed by atoms with E-state index in [0.29, 0.717) is 5.69 Å². The van der Waals surface area contributed by atoms with Crippen LogP contribution in [0.4, 0.5) is 0 Å². The van der Waals surface area contributed by atoms with E-state index in [-0.39, 0.29) is 5.84 Å². The molecule has 1 fully saturated rings. The van der Waals surface area contributed by atoms with Crippen LogP contribution in [0.3, 0.4) is 0 Å². The fourth-order valence-corrected chi connectivity index (χ4v) is 2.68. The molecule has 0 radical (unpaired) electrons. The van der Waals surface area contributed by atoms with Gasteiger partial charge in [0.05, 0.1) is 0 Å². The number of hydrogen-bond donors (Lipinski definition) is 2. The third kappa shape index (κ3) is 3.29. The molecule has 98 valence electrons. The highest BCUT2D eigenvalue weighted by Gasteiger charge is 2.21. The van der Waals surface area contributed by atoms with E-state index in [4.69, 9.17) is 11.1 Å². The summed E-state index contributed by atoms with van der Waals surface area (Å²) < 4.78 is 0. The summed E-state index contributed by atoms with van der Waals surface area (Å²) in [6.07, 6.45) is 5.68. The SMILES string of the molecule is CCCC1CCN(Cc2ccnc(C(=N)N)c2)C1. The monoisotopic (exact) mass is 246 g/mol. The van der Waals surface area contributed by atoms with Gasteiger partial charge >= 0.3 is 0 Å². The molecule has 4 nitrogen and oxygen atoms in total. The highest BCUT2D eigenvalue weighted by Crippen LogP contribution is 2.22. The Balaban J connectivity index is 1.94. The van der Waals surface area contributed by atoms with Crippen LogP contribution in [0.2, 0.25) is 0 Å². The summed E-state index contributed by atoms with van der Waals surface area (Å²) in [5, 5.41) is 7.41. The van der Waals surface area contributed by atoms with Crippen molar-refractivity contribution in [2.45, 2.75) is 32.7 Å². The Labute approximate surface area is 109 Å². The van der Waals surface area contributed by atoms with Crippen molar-refractivity contribution in [3.05, 3.63) is 29.6 Å². The third-order valence-corrected chi connectivity index (χ3v) is 3.57. The Morgan fingerprint density at radius 1 is 1.61 bits per heavy atom. The fraction of sp³-hybridized carbons (Fsp3) is 0.571. The van der Waals surface area contributed by atoms with Crippen molar-refractivity contribution >= 4 is 5.84 Å². The molecule has 1 aliphatic rings. The van der Waals surface area contributed by atoms with Crippen molar-refractivity contribution < 1.29 is 0 Å². The summed E-state index contributed by atoms with van der Waals surface area (Å²) in [7, 11) is 0. The average Bonchev–Trinajstić information content (AvgIpc) is 2.77. The smallest absolute Gasteiger partial charge is 0.141 e. The fourth-order valence-electron chi connectivity index (χ4n) is 2.68. The van der Waals surface area contributed by atoms with Crippen molar-refractivity contribution in [3.8, 4) is 0 Å². The lowest BCUT2D eigenvalue weighted by Crippen LogP contribution is -2.21. The number of rotatable bonds is 5. The van der Waals surface area contributed by atoms with Crippen LogP contribution in [-0.2, 0) is 6.54 Å². The van der Waals surface area contributed by atoms with Gasteiger partial charge in [0.25, 0.3) is 0 Å². The molecule has 1 aliphatic heterocycles. The number of nitrogens with zero attached hydrogens (tertiary/aromatic N) is 2. The second-order valence-electron chi connectivity index (χ2n) is 5.14. The molecule has 0 aromatic carbocycles. The highest BCUT2D eigenvalue weighted by atomic mass is 15.1. The summed E-state index contributed by atoms with van der Waals surface area (Å²) in [6, 6.07) is 3.94. The van der Waals surface area contributed by atoms with Gasteiger partial charge in [0, 0.05) is 19.3 Å². The van der Waals surface area contributed by atoms with Gasteiger partial charge < -0.3 is 5.73 Å². The van der Waals surface area contributed by atoms with Crippen LogP contribution >= 0.6 is 0 Å². The van der Waals surface area contributed by atoms with Crippen LogP contribution in [0.25, 0.3) is 0 Å². The van der Waals surface area contributed by atoms with Gasteiger partial charge in [-0.1, -0.05) is 13.3 Å². The lowest BCUT2D eigenvalue weighted by atomic mass is 10.0. The standard InChI is InChI=1S/C14H22N4/c1-2-3-11-5-7-18(9-11)10-12-4-6-17-13(8-12)14(15)16/h4,6,8,11H,2-3,5,7,9-10H2,1H3,(H3,15,16). The van der Waals surface area contributed by atoms with Gasteiger partial charge in [-0.3, -0.25) is 15.3 Å². The van der Waals surface area contributed by atoms with Crippen LogP contribution < -0.4 is 5.73 Å². The maximum absolute atomic E-state index is 7.41. The molecule has 1 unspecified atom stereocenters. The molecule has 0 saturated carbocycles. The third-order valence-electron chi connectivity index (χ3n) is 3.57. The predicted octanol–water partition coefficient (Wildman–Crippen LogP) is 1.99. The molecular formula is C14H22N4. The molecule has 18 heavy (non-hydrogen) atoms. The van der Waals surface area contributed by atoms with Gasteiger partial charge in [-0.05, 0) is 43.0 Å². The maximum atomic E-state index is 7.41. The van der Waals surface area contributed by atoms with E-state index < -0.39 is 0 Å². The first-order valence-corrected chi connectivity index (χ1v) is 6.70. The molecule has 1 atom stereocenters. The second kappa shape index (κ2) is 5.96. The van der Waals surface area contributed by atoms with Gasteiger partial charge in [0.15, 0.2) is 0 Å². The van der Waals surface area contributed by atoms with Crippen LogP contribution in [-0.4, -0.2) is 28.8 Å². The Morgan fingerprint density at radius 3 is 3.17 bits per heavy atom. The minimum absolute atomic E-state index is 0.0436. The van der Waals surface area contributed by atoms with Crippen molar-refractivity contribution in [2.24, 2.45) is 11.7 Å². The normalized spacial score (nSPS) is 20.2. The summed E-state index contributed by atoms with van der Waals surface area (Å²) in [5.74, 6) is 0.909.